The first-order chi connectivity index (χ1) is 12.2. The number of nitrogens with zero attached hydrogens (tertiary/aromatic N) is 3. The third kappa shape index (κ3) is 4.61. The topological polar surface area (TPSA) is 95.7 Å². The number of amides is 1. The molecular formula is C17H24N4O4S. The van der Waals surface area contributed by atoms with Gasteiger partial charge in [-0.25, -0.2) is 4.31 Å². The SMILES string of the molecule is Cc1noc(C)c1CCNC(=O)CN(c1ccccc1)S(=O)(=O)N(C)C. The molecule has 8 nitrogen and oxygen atoms in total. The number of carbonyl (C=O) groups is 1. The van der Waals surface area contributed by atoms with Crippen LogP contribution in [0.15, 0.2) is 34.9 Å². The molecule has 0 aliphatic heterocycles. The number of carbonyl (C=O) groups excluding carboxylic acids is 1. The van der Waals surface area contributed by atoms with Gasteiger partial charge in [-0.1, -0.05) is 23.4 Å². The lowest BCUT2D eigenvalue weighted by Crippen LogP contribution is -2.46. The zero-order valence-electron chi connectivity index (χ0n) is 15.4. The van der Waals surface area contributed by atoms with Crippen molar-refractivity contribution in [3.63, 3.8) is 0 Å². The maximum atomic E-state index is 12.6. The molecule has 0 unspecified atom stereocenters. The van der Waals surface area contributed by atoms with Gasteiger partial charge in [0.05, 0.1) is 11.4 Å². The van der Waals surface area contributed by atoms with E-state index in [1.807, 2.05) is 13.8 Å². The van der Waals surface area contributed by atoms with Crippen LogP contribution in [0.3, 0.4) is 0 Å². The van der Waals surface area contributed by atoms with Gasteiger partial charge in [-0.15, -0.1) is 0 Å². The monoisotopic (exact) mass is 380 g/mol. The number of benzene rings is 1. The van der Waals surface area contributed by atoms with Crippen molar-refractivity contribution in [1.29, 1.82) is 0 Å². The van der Waals surface area contributed by atoms with Crippen LogP contribution in [0.4, 0.5) is 5.69 Å². The largest absolute Gasteiger partial charge is 0.361 e. The average molecular weight is 380 g/mol. The molecule has 0 fully saturated rings. The van der Waals surface area contributed by atoms with Crippen molar-refractivity contribution >= 4 is 21.8 Å². The molecule has 1 amide bonds. The first-order valence-corrected chi connectivity index (χ1v) is 9.57. The maximum absolute atomic E-state index is 12.6. The minimum absolute atomic E-state index is 0.299. The van der Waals surface area contributed by atoms with E-state index in [2.05, 4.69) is 10.5 Å². The Balaban J connectivity index is 2.05. The van der Waals surface area contributed by atoms with Crippen LogP contribution in [-0.2, 0) is 21.4 Å². The van der Waals surface area contributed by atoms with E-state index < -0.39 is 10.2 Å². The fourth-order valence-corrected chi connectivity index (χ4v) is 3.53. The van der Waals surface area contributed by atoms with Gasteiger partial charge in [-0.3, -0.25) is 4.79 Å². The Kier molecular flexibility index (Phi) is 6.38. The first-order valence-electron chi connectivity index (χ1n) is 8.17. The van der Waals surface area contributed by atoms with Gasteiger partial charge in [-0.05, 0) is 32.4 Å². The minimum atomic E-state index is -3.79. The van der Waals surface area contributed by atoms with Gasteiger partial charge in [-0.2, -0.15) is 12.7 Å². The molecule has 142 valence electrons. The highest BCUT2D eigenvalue weighted by atomic mass is 32.2. The Morgan fingerprint density at radius 2 is 1.85 bits per heavy atom. The van der Waals surface area contributed by atoms with E-state index in [1.165, 1.54) is 14.1 Å². The summed E-state index contributed by atoms with van der Waals surface area (Å²) in [4.78, 5) is 12.3. The summed E-state index contributed by atoms with van der Waals surface area (Å²) < 4.78 is 32.4. The molecule has 0 saturated heterocycles. The summed E-state index contributed by atoms with van der Waals surface area (Å²) in [5.41, 5.74) is 2.17. The van der Waals surface area contributed by atoms with Gasteiger partial charge in [0.15, 0.2) is 0 Å². The molecule has 0 atom stereocenters. The van der Waals surface area contributed by atoms with Crippen molar-refractivity contribution in [2.75, 3.05) is 31.5 Å². The van der Waals surface area contributed by atoms with Crippen LogP contribution in [0.2, 0.25) is 0 Å². The number of rotatable bonds is 8. The molecular weight excluding hydrogens is 356 g/mol. The van der Waals surface area contributed by atoms with Crippen molar-refractivity contribution in [3.8, 4) is 0 Å². The van der Waals surface area contributed by atoms with Gasteiger partial charge in [0.25, 0.3) is 0 Å². The molecule has 0 aliphatic carbocycles. The lowest BCUT2D eigenvalue weighted by Gasteiger charge is -2.26. The third-order valence-electron chi connectivity index (χ3n) is 3.95. The number of hydrogen-bond donors (Lipinski definition) is 1. The number of para-hydroxylation sites is 1. The second-order valence-electron chi connectivity index (χ2n) is 6.04. The molecule has 0 saturated carbocycles. The number of hydrogen-bond acceptors (Lipinski definition) is 5. The van der Waals surface area contributed by atoms with Crippen molar-refractivity contribution in [3.05, 3.63) is 47.3 Å². The molecule has 2 rings (SSSR count). The molecule has 2 aromatic rings. The van der Waals surface area contributed by atoms with Crippen molar-refractivity contribution in [1.82, 2.24) is 14.8 Å². The zero-order valence-corrected chi connectivity index (χ0v) is 16.2. The highest BCUT2D eigenvalue weighted by Crippen LogP contribution is 2.18. The lowest BCUT2D eigenvalue weighted by atomic mass is 10.1. The van der Waals surface area contributed by atoms with E-state index >= 15 is 0 Å². The molecule has 1 aromatic carbocycles. The summed E-state index contributed by atoms with van der Waals surface area (Å²) in [7, 11) is -0.926. The Morgan fingerprint density at radius 1 is 1.19 bits per heavy atom. The van der Waals surface area contributed by atoms with Crippen molar-refractivity contribution in [2.24, 2.45) is 0 Å². The van der Waals surface area contributed by atoms with E-state index in [0.717, 1.165) is 25.6 Å². The molecule has 9 heteroatoms. The zero-order chi connectivity index (χ0) is 19.3. The third-order valence-corrected chi connectivity index (χ3v) is 5.77. The standard InChI is InChI=1S/C17H24N4O4S/c1-13-16(14(2)25-19-13)10-11-18-17(22)12-21(26(23,24)20(3)4)15-8-6-5-7-9-15/h5-9H,10-12H2,1-4H3,(H,18,22). The molecule has 0 spiro atoms. The quantitative estimate of drug-likeness (QED) is 0.744. The maximum Gasteiger partial charge on any atom is 0.304 e. The minimum Gasteiger partial charge on any atom is -0.361 e. The molecule has 26 heavy (non-hydrogen) atoms. The number of aryl methyl sites for hydroxylation is 2. The predicted octanol–water partition coefficient (Wildman–Crippen LogP) is 1.26. The van der Waals surface area contributed by atoms with Crippen LogP contribution in [0.5, 0.6) is 0 Å². The summed E-state index contributed by atoms with van der Waals surface area (Å²) in [6.45, 7) is 3.73. The molecule has 0 bridgehead atoms. The molecule has 0 aliphatic rings. The molecule has 1 heterocycles. The smallest absolute Gasteiger partial charge is 0.304 e. The van der Waals surface area contributed by atoms with Gasteiger partial charge < -0.3 is 9.84 Å². The molecule has 1 aromatic heterocycles. The van der Waals surface area contributed by atoms with Crippen LogP contribution in [0, 0.1) is 13.8 Å². The Bertz CT molecular complexity index is 827. The number of anilines is 1. The lowest BCUT2D eigenvalue weighted by molar-refractivity contribution is -0.119. The highest BCUT2D eigenvalue weighted by Gasteiger charge is 2.27. The van der Waals surface area contributed by atoms with E-state index in [0.29, 0.717) is 18.7 Å². The van der Waals surface area contributed by atoms with Crippen molar-refractivity contribution < 1.29 is 17.7 Å². The highest BCUT2D eigenvalue weighted by molar-refractivity contribution is 7.90. The number of aromatic nitrogens is 1. The Morgan fingerprint density at radius 3 is 2.38 bits per heavy atom. The molecule has 0 radical (unpaired) electrons. The Hall–Kier alpha value is -2.39. The average Bonchev–Trinajstić information content (AvgIpc) is 2.92. The first kappa shape index (κ1) is 19.9. The fourth-order valence-electron chi connectivity index (χ4n) is 2.47. The van der Waals surface area contributed by atoms with Gasteiger partial charge in [0, 0.05) is 26.2 Å². The van der Waals surface area contributed by atoms with Crippen LogP contribution in [-0.4, -0.2) is 51.0 Å². The van der Waals surface area contributed by atoms with Gasteiger partial charge >= 0.3 is 10.2 Å². The van der Waals surface area contributed by atoms with Crippen LogP contribution in [0.1, 0.15) is 17.0 Å². The van der Waals surface area contributed by atoms with Crippen LogP contribution in [0.25, 0.3) is 0 Å². The van der Waals surface area contributed by atoms with E-state index in [1.54, 1.807) is 30.3 Å². The summed E-state index contributed by atoms with van der Waals surface area (Å²) in [5.74, 6) is 0.337. The van der Waals surface area contributed by atoms with E-state index in [-0.39, 0.29) is 12.5 Å². The summed E-state index contributed by atoms with van der Waals surface area (Å²) in [5, 5.41) is 6.63. The van der Waals surface area contributed by atoms with Crippen LogP contribution < -0.4 is 9.62 Å². The van der Waals surface area contributed by atoms with E-state index in [4.69, 9.17) is 4.52 Å². The van der Waals surface area contributed by atoms with Crippen molar-refractivity contribution in [2.45, 2.75) is 20.3 Å². The fraction of sp³-hybridized carbons (Fsp3) is 0.412. The van der Waals surface area contributed by atoms with Gasteiger partial charge in [0.1, 0.15) is 12.3 Å². The number of nitrogens with one attached hydrogen (secondary N) is 1. The Labute approximate surface area is 154 Å². The summed E-state index contributed by atoms with van der Waals surface area (Å²) in [6.07, 6.45) is 0.568. The summed E-state index contributed by atoms with van der Waals surface area (Å²) in [6, 6.07) is 8.54. The summed E-state index contributed by atoms with van der Waals surface area (Å²) >= 11 is 0. The normalized spacial score (nSPS) is 11.6. The second-order valence-corrected chi connectivity index (χ2v) is 8.10. The van der Waals surface area contributed by atoms with E-state index in [9.17, 15) is 13.2 Å². The van der Waals surface area contributed by atoms with Crippen LogP contribution >= 0.6 is 0 Å². The molecule has 1 N–H and O–H groups in total. The second kappa shape index (κ2) is 8.33. The van der Waals surface area contributed by atoms with Gasteiger partial charge in [0.2, 0.25) is 5.91 Å². The predicted molar refractivity (Wildman–Crippen MR) is 99.1 cm³/mol.